The first kappa shape index (κ1) is 14.6. The second kappa shape index (κ2) is 4.65. The van der Waals surface area contributed by atoms with Crippen LogP contribution in [0.3, 0.4) is 0 Å². The van der Waals surface area contributed by atoms with Crippen LogP contribution in [0.1, 0.15) is 58.2 Å². The summed E-state index contributed by atoms with van der Waals surface area (Å²) >= 11 is 0. The Hall–Kier alpha value is -1.49. The third kappa shape index (κ3) is 2.85. The maximum Gasteiger partial charge on any atom is 0.119 e. The molecular weight excluding hydrogens is 222 g/mol. The fraction of sp³-hybridized carbons (Fsp3) is 0.562. The zero-order chi connectivity index (χ0) is 14.1. The highest BCUT2D eigenvalue weighted by atomic mass is 16.5. The highest BCUT2D eigenvalue weighted by molar-refractivity contribution is 5.54. The predicted octanol–water partition coefficient (Wildman–Crippen LogP) is 4.16. The zero-order valence-electron chi connectivity index (χ0n) is 12.5. The molecule has 0 heterocycles. The lowest BCUT2D eigenvalue weighted by Crippen LogP contribution is -2.20. The standard InChI is InChI=1S/C16H23NO/c1-15(2,3)13-8-11(18-7)9-14(12(13)10-17)16(4,5)6/h8-9H,1-7H3. The summed E-state index contributed by atoms with van der Waals surface area (Å²) in [5.74, 6) is 0.823. The van der Waals surface area contributed by atoms with Crippen molar-refractivity contribution in [2.75, 3.05) is 7.11 Å². The van der Waals surface area contributed by atoms with Crippen LogP contribution >= 0.6 is 0 Å². The number of hydrogen-bond donors (Lipinski definition) is 0. The predicted molar refractivity (Wildman–Crippen MR) is 75.1 cm³/mol. The van der Waals surface area contributed by atoms with E-state index in [2.05, 4.69) is 47.6 Å². The van der Waals surface area contributed by atoms with Crippen LogP contribution in [-0.2, 0) is 10.8 Å². The normalized spacial score (nSPS) is 12.1. The molecule has 0 aliphatic heterocycles. The molecule has 0 atom stereocenters. The fourth-order valence-electron chi connectivity index (χ4n) is 2.04. The second-order valence-electron chi connectivity index (χ2n) is 6.71. The highest BCUT2D eigenvalue weighted by Crippen LogP contribution is 2.36. The molecule has 0 saturated carbocycles. The van der Waals surface area contributed by atoms with Crippen molar-refractivity contribution in [3.8, 4) is 11.8 Å². The van der Waals surface area contributed by atoms with Crippen molar-refractivity contribution in [1.82, 2.24) is 0 Å². The lowest BCUT2D eigenvalue weighted by Gasteiger charge is -2.28. The van der Waals surface area contributed by atoms with Crippen LogP contribution in [0.2, 0.25) is 0 Å². The van der Waals surface area contributed by atoms with Crippen molar-refractivity contribution in [3.63, 3.8) is 0 Å². The minimum atomic E-state index is -0.0698. The molecule has 0 aliphatic carbocycles. The van der Waals surface area contributed by atoms with Gasteiger partial charge in [0, 0.05) is 0 Å². The van der Waals surface area contributed by atoms with Gasteiger partial charge in [-0.3, -0.25) is 0 Å². The van der Waals surface area contributed by atoms with Crippen molar-refractivity contribution in [2.24, 2.45) is 0 Å². The summed E-state index contributed by atoms with van der Waals surface area (Å²) in [5.41, 5.74) is 2.75. The molecule has 1 aromatic rings. The van der Waals surface area contributed by atoms with Crippen LogP contribution in [0.5, 0.6) is 5.75 Å². The van der Waals surface area contributed by atoms with Crippen molar-refractivity contribution in [1.29, 1.82) is 5.26 Å². The van der Waals surface area contributed by atoms with E-state index in [1.54, 1.807) is 7.11 Å². The lowest BCUT2D eigenvalue weighted by molar-refractivity contribution is 0.410. The smallest absolute Gasteiger partial charge is 0.119 e. The summed E-state index contributed by atoms with van der Waals surface area (Å²) in [6.45, 7) is 12.7. The van der Waals surface area contributed by atoms with E-state index >= 15 is 0 Å². The van der Waals surface area contributed by atoms with Gasteiger partial charge in [0.1, 0.15) is 5.75 Å². The lowest BCUT2D eigenvalue weighted by atomic mass is 9.76. The minimum absolute atomic E-state index is 0.0698. The average Bonchev–Trinajstić information content (AvgIpc) is 2.24. The molecule has 0 amide bonds. The van der Waals surface area contributed by atoms with Crippen LogP contribution < -0.4 is 4.74 Å². The highest BCUT2D eigenvalue weighted by Gasteiger charge is 2.26. The Morgan fingerprint density at radius 3 is 1.56 bits per heavy atom. The average molecular weight is 245 g/mol. The van der Waals surface area contributed by atoms with Gasteiger partial charge in [-0.15, -0.1) is 0 Å². The van der Waals surface area contributed by atoms with E-state index in [0.717, 1.165) is 22.4 Å². The molecule has 0 bridgehead atoms. The van der Waals surface area contributed by atoms with E-state index in [1.807, 2.05) is 12.1 Å². The van der Waals surface area contributed by atoms with Gasteiger partial charge < -0.3 is 4.74 Å². The molecule has 98 valence electrons. The number of benzene rings is 1. The Bertz CT molecular complexity index is 446. The topological polar surface area (TPSA) is 33.0 Å². The largest absolute Gasteiger partial charge is 0.497 e. The van der Waals surface area contributed by atoms with Gasteiger partial charge in [0.25, 0.3) is 0 Å². The van der Waals surface area contributed by atoms with E-state index in [4.69, 9.17) is 4.74 Å². The van der Waals surface area contributed by atoms with E-state index in [1.165, 1.54) is 0 Å². The third-order valence-corrected chi connectivity index (χ3v) is 3.08. The number of nitrogens with zero attached hydrogens (tertiary/aromatic N) is 1. The van der Waals surface area contributed by atoms with Gasteiger partial charge in [-0.05, 0) is 34.1 Å². The molecule has 0 fully saturated rings. The van der Waals surface area contributed by atoms with Gasteiger partial charge in [-0.1, -0.05) is 41.5 Å². The van der Waals surface area contributed by atoms with Gasteiger partial charge in [0.15, 0.2) is 0 Å². The van der Waals surface area contributed by atoms with E-state index in [-0.39, 0.29) is 10.8 Å². The minimum Gasteiger partial charge on any atom is -0.497 e. The summed E-state index contributed by atoms with van der Waals surface area (Å²) in [6, 6.07) is 6.33. The third-order valence-electron chi connectivity index (χ3n) is 3.08. The quantitative estimate of drug-likeness (QED) is 0.744. The second-order valence-corrected chi connectivity index (χ2v) is 6.71. The molecule has 2 heteroatoms. The van der Waals surface area contributed by atoms with Crippen LogP contribution in [0.15, 0.2) is 12.1 Å². The van der Waals surface area contributed by atoms with E-state index in [9.17, 15) is 5.26 Å². The summed E-state index contributed by atoms with van der Waals surface area (Å²) in [6.07, 6.45) is 0. The van der Waals surface area contributed by atoms with Crippen molar-refractivity contribution >= 4 is 0 Å². The molecule has 18 heavy (non-hydrogen) atoms. The summed E-state index contributed by atoms with van der Waals surface area (Å²) in [4.78, 5) is 0. The Kier molecular flexibility index (Phi) is 3.76. The Labute approximate surface area is 111 Å². The number of methoxy groups -OCH3 is 1. The molecule has 0 radical (unpaired) electrons. The first-order valence-corrected chi connectivity index (χ1v) is 6.24. The summed E-state index contributed by atoms with van der Waals surface area (Å²) in [5, 5.41) is 9.50. The molecular formula is C16H23NO. The molecule has 1 rings (SSSR count). The number of ether oxygens (including phenoxy) is 1. The molecule has 0 unspecified atom stereocenters. The molecule has 0 aromatic heterocycles. The van der Waals surface area contributed by atoms with Crippen molar-refractivity contribution < 1.29 is 4.74 Å². The van der Waals surface area contributed by atoms with Gasteiger partial charge in [0.2, 0.25) is 0 Å². The van der Waals surface area contributed by atoms with Gasteiger partial charge in [-0.2, -0.15) is 5.26 Å². The SMILES string of the molecule is COc1cc(C(C)(C)C)c(C#N)c(C(C)(C)C)c1. The molecule has 0 saturated heterocycles. The van der Waals surface area contributed by atoms with E-state index in [0.29, 0.717) is 0 Å². The van der Waals surface area contributed by atoms with Crippen molar-refractivity contribution in [3.05, 3.63) is 28.8 Å². The van der Waals surface area contributed by atoms with Crippen molar-refractivity contribution in [2.45, 2.75) is 52.4 Å². The maximum absolute atomic E-state index is 9.50. The number of hydrogen-bond acceptors (Lipinski definition) is 2. The molecule has 2 nitrogen and oxygen atoms in total. The van der Waals surface area contributed by atoms with E-state index < -0.39 is 0 Å². The molecule has 0 aliphatic rings. The van der Waals surface area contributed by atoms with Crippen LogP contribution in [0.25, 0.3) is 0 Å². The van der Waals surface area contributed by atoms with Gasteiger partial charge in [-0.25, -0.2) is 0 Å². The van der Waals surface area contributed by atoms with Gasteiger partial charge in [0.05, 0.1) is 18.7 Å². The van der Waals surface area contributed by atoms with Gasteiger partial charge >= 0.3 is 0 Å². The number of nitriles is 1. The molecule has 0 N–H and O–H groups in total. The zero-order valence-corrected chi connectivity index (χ0v) is 12.5. The summed E-state index contributed by atoms with van der Waals surface area (Å²) in [7, 11) is 1.67. The van der Waals surface area contributed by atoms with Crippen LogP contribution in [-0.4, -0.2) is 7.11 Å². The number of rotatable bonds is 1. The molecule has 1 aromatic carbocycles. The Balaban J connectivity index is 3.68. The van der Waals surface area contributed by atoms with Crippen LogP contribution in [0, 0.1) is 11.3 Å². The Morgan fingerprint density at radius 1 is 0.944 bits per heavy atom. The summed E-state index contributed by atoms with van der Waals surface area (Å²) < 4.78 is 5.38. The first-order chi connectivity index (χ1) is 8.11. The van der Waals surface area contributed by atoms with Crippen LogP contribution in [0.4, 0.5) is 0 Å². The maximum atomic E-state index is 9.50. The first-order valence-electron chi connectivity index (χ1n) is 6.24. The fourth-order valence-corrected chi connectivity index (χ4v) is 2.04. The molecule has 0 spiro atoms. The monoisotopic (exact) mass is 245 g/mol. The Morgan fingerprint density at radius 2 is 1.33 bits per heavy atom.